The van der Waals surface area contributed by atoms with E-state index in [1.807, 2.05) is 6.92 Å². The van der Waals surface area contributed by atoms with Crippen LogP contribution in [0.2, 0.25) is 0 Å². The molecule has 1 saturated heterocycles. The maximum Gasteiger partial charge on any atom is 0.0809 e. The maximum absolute atomic E-state index is 8.93. The van der Waals surface area contributed by atoms with E-state index in [9.17, 15) is 0 Å². The zero-order valence-electron chi connectivity index (χ0n) is 7.21. The van der Waals surface area contributed by atoms with Gasteiger partial charge in [-0.1, -0.05) is 19.1 Å². The van der Waals surface area contributed by atoms with E-state index in [-0.39, 0.29) is 12.7 Å². The Balaban J connectivity index is 2.55. The highest BCUT2D eigenvalue weighted by Crippen LogP contribution is 2.29. The first-order valence-corrected chi connectivity index (χ1v) is 4.04. The van der Waals surface area contributed by atoms with Crippen molar-refractivity contribution < 1.29 is 9.84 Å². The zero-order valence-corrected chi connectivity index (χ0v) is 7.21. The van der Waals surface area contributed by atoms with Crippen LogP contribution in [0, 0.1) is 11.8 Å². The summed E-state index contributed by atoms with van der Waals surface area (Å²) in [7, 11) is 0. The van der Waals surface area contributed by atoms with Gasteiger partial charge in [-0.2, -0.15) is 0 Å². The van der Waals surface area contributed by atoms with E-state index in [1.165, 1.54) is 0 Å². The van der Waals surface area contributed by atoms with Crippen molar-refractivity contribution in [1.82, 2.24) is 0 Å². The van der Waals surface area contributed by atoms with Gasteiger partial charge in [0.15, 0.2) is 0 Å². The maximum atomic E-state index is 8.93. The summed E-state index contributed by atoms with van der Waals surface area (Å²) >= 11 is 0. The number of aliphatic hydroxyl groups is 1. The van der Waals surface area contributed by atoms with Gasteiger partial charge in [-0.3, -0.25) is 0 Å². The van der Waals surface area contributed by atoms with E-state index < -0.39 is 0 Å². The first kappa shape index (κ1) is 8.75. The van der Waals surface area contributed by atoms with E-state index in [0.29, 0.717) is 18.4 Å². The average Bonchev–Trinajstić information content (AvgIpc) is 2.30. The van der Waals surface area contributed by atoms with Crippen LogP contribution in [0.4, 0.5) is 0 Å². The fourth-order valence-electron chi connectivity index (χ4n) is 1.59. The molecule has 1 aliphatic heterocycles. The number of ether oxygens (including phenoxy) is 1. The minimum absolute atomic E-state index is 0.159. The average molecular weight is 156 g/mol. The highest BCUT2D eigenvalue weighted by molar-refractivity contribution is 5.03. The van der Waals surface area contributed by atoms with Crippen molar-refractivity contribution >= 4 is 0 Å². The summed E-state index contributed by atoms with van der Waals surface area (Å²) in [6, 6.07) is 0. The number of aliphatic hydroxyl groups excluding tert-OH is 1. The molecule has 0 saturated carbocycles. The van der Waals surface area contributed by atoms with Gasteiger partial charge in [0, 0.05) is 12.5 Å². The third kappa shape index (κ3) is 1.63. The molecule has 0 aliphatic carbocycles. The molecule has 1 aliphatic rings. The van der Waals surface area contributed by atoms with Gasteiger partial charge in [-0.05, 0) is 12.8 Å². The lowest BCUT2D eigenvalue weighted by atomic mass is 9.91. The van der Waals surface area contributed by atoms with Gasteiger partial charge in [-0.25, -0.2) is 0 Å². The van der Waals surface area contributed by atoms with Gasteiger partial charge in [-0.15, -0.1) is 0 Å². The Morgan fingerprint density at radius 3 is 2.64 bits per heavy atom. The van der Waals surface area contributed by atoms with E-state index in [0.717, 1.165) is 5.57 Å². The Morgan fingerprint density at radius 1 is 1.73 bits per heavy atom. The van der Waals surface area contributed by atoms with Crippen molar-refractivity contribution in [3.05, 3.63) is 12.2 Å². The molecule has 64 valence electrons. The molecule has 2 heteroatoms. The fourth-order valence-corrected chi connectivity index (χ4v) is 1.59. The normalized spacial score (nSPS) is 37.5. The minimum atomic E-state index is 0.159. The predicted octanol–water partition coefficient (Wildman–Crippen LogP) is 1.21. The van der Waals surface area contributed by atoms with Crippen molar-refractivity contribution in [2.75, 3.05) is 13.2 Å². The molecule has 3 atom stereocenters. The van der Waals surface area contributed by atoms with Gasteiger partial charge in [0.05, 0.1) is 12.7 Å². The molecule has 0 radical (unpaired) electrons. The van der Waals surface area contributed by atoms with E-state index in [4.69, 9.17) is 9.84 Å². The van der Waals surface area contributed by atoms with E-state index in [2.05, 4.69) is 13.5 Å². The second kappa shape index (κ2) is 3.37. The van der Waals surface area contributed by atoms with Crippen LogP contribution < -0.4 is 0 Å². The smallest absolute Gasteiger partial charge is 0.0809 e. The summed E-state index contributed by atoms with van der Waals surface area (Å²) in [6.45, 7) is 8.83. The van der Waals surface area contributed by atoms with Crippen LogP contribution in [0.5, 0.6) is 0 Å². The van der Waals surface area contributed by atoms with Gasteiger partial charge in [0.2, 0.25) is 0 Å². The Morgan fingerprint density at radius 2 is 2.36 bits per heavy atom. The Kier molecular flexibility index (Phi) is 2.68. The van der Waals surface area contributed by atoms with Gasteiger partial charge < -0.3 is 9.84 Å². The van der Waals surface area contributed by atoms with E-state index in [1.54, 1.807) is 0 Å². The van der Waals surface area contributed by atoms with Crippen molar-refractivity contribution in [3.8, 4) is 0 Å². The zero-order chi connectivity index (χ0) is 8.43. The molecule has 0 aromatic heterocycles. The molecule has 0 aromatic rings. The SMILES string of the molecule is C=C(C)[C@H]1OC[C@@H](CO)[C@@H]1C. The highest BCUT2D eigenvalue weighted by Gasteiger charge is 2.33. The lowest BCUT2D eigenvalue weighted by molar-refractivity contribution is 0.117. The van der Waals surface area contributed by atoms with Crippen LogP contribution in [0.25, 0.3) is 0 Å². The lowest BCUT2D eigenvalue weighted by Gasteiger charge is -2.16. The summed E-state index contributed by atoms with van der Waals surface area (Å²) in [5.41, 5.74) is 1.06. The largest absolute Gasteiger partial charge is 0.396 e. The number of hydrogen-bond donors (Lipinski definition) is 1. The Bertz CT molecular complexity index is 154. The summed E-state index contributed by atoms with van der Waals surface area (Å²) in [6.07, 6.45) is 0.159. The Labute approximate surface area is 67.9 Å². The second-order valence-electron chi connectivity index (χ2n) is 3.40. The quantitative estimate of drug-likeness (QED) is 0.609. The summed E-state index contributed by atoms with van der Waals surface area (Å²) in [5, 5.41) is 8.93. The van der Waals surface area contributed by atoms with Crippen molar-refractivity contribution in [2.45, 2.75) is 20.0 Å². The van der Waals surface area contributed by atoms with Crippen molar-refractivity contribution in [2.24, 2.45) is 11.8 Å². The second-order valence-corrected chi connectivity index (χ2v) is 3.40. The molecule has 1 fully saturated rings. The van der Waals surface area contributed by atoms with Gasteiger partial charge in [0.1, 0.15) is 0 Å². The summed E-state index contributed by atoms with van der Waals surface area (Å²) < 4.78 is 5.47. The van der Waals surface area contributed by atoms with Crippen LogP contribution >= 0.6 is 0 Å². The van der Waals surface area contributed by atoms with Gasteiger partial charge in [0.25, 0.3) is 0 Å². The molecule has 0 amide bonds. The molecule has 0 spiro atoms. The third-order valence-electron chi connectivity index (χ3n) is 2.43. The fraction of sp³-hybridized carbons (Fsp3) is 0.778. The first-order valence-electron chi connectivity index (χ1n) is 4.04. The van der Waals surface area contributed by atoms with Crippen LogP contribution in [-0.2, 0) is 4.74 Å². The highest BCUT2D eigenvalue weighted by atomic mass is 16.5. The van der Waals surface area contributed by atoms with Crippen LogP contribution in [-0.4, -0.2) is 24.4 Å². The predicted molar refractivity (Wildman–Crippen MR) is 44.3 cm³/mol. The van der Waals surface area contributed by atoms with Gasteiger partial charge >= 0.3 is 0 Å². The topological polar surface area (TPSA) is 29.5 Å². The first-order chi connectivity index (χ1) is 5.16. The minimum Gasteiger partial charge on any atom is -0.396 e. The molecule has 2 nitrogen and oxygen atoms in total. The Hall–Kier alpha value is -0.340. The van der Waals surface area contributed by atoms with Crippen molar-refractivity contribution in [3.63, 3.8) is 0 Å². The number of hydrogen-bond acceptors (Lipinski definition) is 2. The number of rotatable bonds is 2. The lowest BCUT2D eigenvalue weighted by Crippen LogP contribution is -2.19. The molecule has 1 heterocycles. The molecule has 0 bridgehead atoms. The third-order valence-corrected chi connectivity index (χ3v) is 2.43. The molecule has 1 rings (SSSR count). The molecule has 0 aromatic carbocycles. The van der Waals surface area contributed by atoms with E-state index >= 15 is 0 Å². The molecule has 11 heavy (non-hydrogen) atoms. The van der Waals surface area contributed by atoms with Crippen LogP contribution in [0.1, 0.15) is 13.8 Å². The van der Waals surface area contributed by atoms with Crippen molar-refractivity contribution in [1.29, 1.82) is 0 Å². The standard InChI is InChI=1S/C9H16O2/c1-6(2)9-7(3)8(4-10)5-11-9/h7-10H,1,4-5H2,2-3H3/t7-,8+,9+/m0/s1. The molecule has 1 N–H and O–H groups in total. The summed E-state index contributed by atoms with van der Waals surface area (Å²) in [5.74, 6) is 0.717. The summed E-state index contributed by atoms with van der Waals surface area (Å²) in [4.78, 5) is 0. The molecular weight excluding hydrogens is 140 g/mol. The van der Waals surface area contributed by atoms with Crippen LogP contribution in [0.15, 0.2) is 12.2 Å². The molecular formula is C9H16O2. The van der Waals surface area contributed by atoms with Crippen LogP contribution in [0.3, 0.4) is 0 Å². The molecule has 0 unspecified atom stereocenters. The monoisotopic (exact) mass is 156 g/mol.